The number of carbonyl (C=O) groups is 1. The molecule has 0 saturated heterocycles. The number of H-pyrrole nitrogens is 1. The molecule has 0 radical (unpaired) electrons. The number of rotatable bonds is 4. The molecule has 0 amide bonds. The fraction of sp³-hybridized carbons (Fsp3) is 0.105. The van der Waals surface area contributed by atoms with Crippen LogP contribution in [0.15, 0.2) is 34.5 Å². The Balaban J connectivity index is 2.24. The molecule has 1 aromatic carbocycles. The molecule has 0 unspecified atom stereocenters. The van der Waals surface area contributed by atoms with E-state index in [1.165, 1.54) is 7.11 Å². The minimum absolute atomic E-state index is 0.0190. The number of aromatic nitrogens is 2. The molecule has 0 atom stereocenters. The van der Waals surface area contributed by atoms with Gasteiger partial charge >= 0.3 is 5.97 Å². The lowest BCUT2D eigenvalue weighted by Gasteiger charge is -2.07. The van der Waals surface area contributed by atoms with E-state index in [0.717, 1.165) is 11.5 Å². The smallest absolute Gasteiger partial charge is 0.338 e. The van der Waals surface area contributed by atoms with Crippen molar-refractivity contribution < 1.29 is 9.53 Å². The van der Waals surface area contributed by atoms with Crippen LogP contribution < -0.4 is 0 Å². The van der Waals surface area contributed by atoms with Gasteiger partial charge in [-0.25, -0.2) is 18.9 Å². The monoisotopic (exact) mass is 401 g/mol. The van der Waals surface area contributed by atoms with Crippen molar-refractivity contribution in [1.29, 1.82) is 0 Å². The van der Waals surface area contributed by atoms with Crippen LogP contribution >= 0.6 is 11.5 Å². The Bertz CT molecular complexity index is 1270. The van der Waals surface area contributed by atoms with Crippen LogP contribution in [-0.2, 0) is 4.74 Å². The highest BCUT2D eigenvalue weighted by atomic mass is 32.1. The molecule has 0 aliphatic carbocycles. The minimum Gasteiger partial charge on any atom is -0.465 e. The molecule has 0 aliphatic heterocycles. The number of hydrogen-bond donors (Lipinski definition) is 1. The summed E-state index contributed by atoms with van der Waals surface area (Å²) in [5, 5.41) is 8.54. The molecule has 9 nitrogen and oxygen atoms in total. The lowest BCUT2D eigenvalue weighted by molar-refractivity contribution is 0.0601. The highest BCUT2D eigenvalue weighted by Gasteiger charge is 2.25. The van der Waals surface area contributed by atoms with Crippen molar-refractivity contribution in [2.24, 2.45) is 10.2 Å². The highest BCUT2D eigenvalue weighted by molar-refractivity contribution is 7.10. The first-order valence-corrected chi connectivity index (χ1v) is 8.77. The lowest BCUT2D eigenvalue weighted by atomic mass is 10.00. The zero-order valence-corrected chi connectivity index (χ0v) is 16.0. The number of methoxy groups -OCH3 is 1. The van der Waals surface area contributed by atoms with Crippen LogP contribution in [0.5, 0.6) is 0 Å². The standard InChI is InChI=1S/C19H11N7O2S/c1-10-14(20-2)18(29-26-10)25-24-16-13(15(21-3)17(22-4)23-16)11-8-6-7-9-12(11)19(27)28-5/h6-9,23H,1,5H3. The largest absolute Gasteiger partial charge is 0.465 e. The Labute approximate surface area is 169 Å². The SMILES string of the molecule is [C-]#[N+]c1[nH]c(N=Nc2snc(C)c2[N+]#[C-])c(-c2ccccc2C(=O)OC)c1[N+]#[C-]. The summed E-state index contributed by atoms with van der Waals surface area (Å²) >= 11 is 1.02. The van der Waals surface area contributed by atoms with Crippen molar-refractivity contribution in [3.05, 3.63) is 69.8 Å². The van der Waals surface area contributed by atoms with Gasteiger partial charge in [0.05, 0.1) is 31.5 Å². The summed E-state index contributed by atoms with van der Waals surface area (Å²) in [4.78, 5) is 25.2. The summed E-state index contributed by atoms with van der Waals surface area (Å²) in [5.74, 6) is -0.479. The van der Waals surface area contributed by atoms with Crippen LogP contribution in [0.1, 0.15) is 16.1 Å². The third kappa shape index (κ3) is 3.46. The third-order valence-electron chi connectivity index (χ3n) is 3.93. The predicted molar refractivity (Wildman–Crippen MR) is 107 cm³/mol. The van der Waals surface area contributed by atoms with Gasteiger partial charge in [0, 0.05) is 5.56 Å². The Morgan fingerprint density at radius 2 is 1.86 bits per heavy atom. The Morgan fingerprint density at radius 3 is 2.52 bits per heavy atom. The number of carbonyl (C=O) groups excluding carboxylic acids is 1. The number of hydrogen-bond acceptors (Lipinski definition) is 6. The first-order valence-electron chi connectivity index (χ1n) is 7.99. The summed E-state index contributed by atoms with van der Waals surface area (Å²) in [6.45, 7) is 23.8. The van der Waals surface area contributed by atoms with Crippen molar-refractivity contribution in [2.45, 2.75) is 6.92 Å². The summed E-state index contributed by atoms with van der Waals surface area (Å²) in [6, 6.07) is 6.56. The van der Waals surface area contributed by atoms with Crippen LogP contribution in [0.3, 0.4) is 0 Å². The van der Waals surface area contributed by atoms with Gasteiger partial charge in [-0.2, -0.15) is 0 Å². The highest BCUT2D eigenvalue weighted by Crippen LogP contribution is 2.47. The summed E-state index contributed by atoms with van der Waals surface area (Å²) in [6.07, 6.45) is 0. The van der Waals surface area contributed by atoms with Crippen LogP contribution in [0.2, 0.25) is 0 Å². The van der Waals surface area contributed by atoms with E-state index in [-0.39, 0.29) is 34.1 Å². The number of ether oxygens (including phenoxy) is 1. The fourth-order valence-corrected chi connectivity index (χ4v) is 3.28. The molecule has 1 N–H and O–H groups in total. The average molecular weight is 401 g/mol. The van der Waals surface area contributed by atoms with Crippen molar-refractivity contribution in [1.82, 2.24) is 9.36 Å². The first-order chi connectivity index (χ1) is 14.0. The molecule has 0 saturated carbocycles. The second-order valence-electron chi connectivity index (χ2n) is 5.54. The van der Waals surface area contributed by atoms with Gasteiger partial charge in [-0.1, -0.05) is 24.8 Å². The molecule has 2 heterocycles. The number of azo groups is 1. The second kappa shape index (κ2) is 8.13. The van der Waals surface area contributed by atoms with Gasteiger partial charge in [0.1, 0.15) is 0 Å². The molecular weight excluding hydrogens is 390 g/mol. The normalized spacial score (nSPS) is 10.3. The minimum atomic E-state index is -0.585. The summed E-state index contributed by atoms with van der Waals surface area (Å²) < 4.78 is 8.92. The molecule has 0 fully saturated rings. The van der Waals surface area contributed by atoms with Crippen molar-refractivity contribution in [3.63, 3.8) is 0 Å². The van der Waals surface area contributed by atoms with E-state index in [2.05, 4.69) is 34.1 Å². The topological polar surface area (TPSA) is 92.8 Å². The maximum Gasteiger partial charge on any atom is 0.338 e. The average Bonchev–Trinajstić information content (AvgIpc) is 3.30. The second-order valence-corrected chi connectivity index (χ2v) is 6.29. The zero-order valence-electron chi connectivity index (χ0n) is 15.2. The van der Waals surface area contributed by atoms with Crippen molar-refractivity contribution in [3.8, 4) is 11.1 Å². The molecule has 3 aromatic rings. The van der Waals surface area contributed by atoms with E-state index in [1.807, 2.05) is 0 Å². The number of esters is 1. The molecule has 2 aromatic heterocycles. The van der Waals surface area contributed by atoms with Crippen LogP contribution in [-0.4, -0.2) is 22.4 Å². The molecule has 0 aliphatic rings. The van der Waals surface area contributed by atoms with E-state index in [0.29, 0.717) is 16.3 Å². The van der Waals surface area contributed by atoms with Crippen LogP contribution in [0.25, 0.3) is 25.7 Å². The maximum absolute atomic E-state index is 12.2. The molecule has 0 spiro atoms. The first kappa shape index (κ1) is 19.4. The van der Waals surface area contributed by atoms with E-state index >= 15 is 0 Å². The molecule has 3 rings (SSSR count). The Morgan fingerprint density at radius 1 is 1.14 bits per heavy atom. The van der Waals surface area contributed by atoms with Crippen molar-refractivity contribution >= 4 is 45.5 Å². The number of nitrogens with zero attached hydrogens (tertiary/aromatic N) is 6. The quantitative estimate of drug-likeness (QED) is 0.316. The van der Waals surface area contributed by atoms with Gasteiger partial charge in [0.25, 0.3) is 0 Å². The number of aryl methyl sites for hydroxylation is 1. The van der Waals surface area contributed by atoms with Crippen LogP contribution in [0.4, 0.5) is 28.0 Å². The van der Waals surface area contributed by atoms with Gasteiger partial charge in [-0.15, -0.1) is 10.2 Å². The van der Waals surface area contributed by atoms with Gasteiger partial charge < -0.3 is 9.58 Å². The zero-order chi connectivity index (χ0) is 21.0. The molecule has 0 bridgehead atoms. The Hall–Kier alpha value is -4.33. The van der Waals surface area contributed by atoms with E-state index in [4.69, 9.17) is 24.5 Å². The lowest BCUT2D eigenvalue weighted by Crippen LogP contribution is -2.03. The molecule has 140 valence electrons. The van der Waals surface area contributed by atoms with E-state index in [1.54, 1.807) is 31.2 Å². The molecule has 10 heteroatoms. The Kier molecular flexibility index (Phi) is 5.45. The third-order valence-corrected chi connectivity index (χ3v) is 4.74. The number of aromatic amines is 1. The van der Waals surface area contributed by atoms with Gasteiger partial charge in [0.2, 0.25) is 23.0 Å². The van der Waals surface area contributed by atoms with Crippen LogP contribution in [0, 0.1) is 26.6 Å². The van der Waals surface area contributed by atoms with Gasteiger partial charge in [0.15, 0.2) is 5.00 Å². The van der Waals surface area contributed by atoms with E-state index in [9.17, 15) is 4.79 Å². The fourth-order valence-electron chi connectivity index (χ4n) is 2.62. The number of benzene rings is 1. The van der Waals surface area contributed by atoms with Gasteiger partial charge in [-0.05, 0) is 30.1 Å². The maximum atomic E-state index is 12.2. The number of nitrogens with one attached hydrogen (secondary N) is 1. The summed E-state index contributed by atoms with van der Waals surface area (Å²) in [5.41, 5.74) is 1.74. The molecule has 29 heavy (non-hydrogen) atoms. The molecular formula is C19H11N7O2S. The van der Waals surface area contributed by atoms with E-state index < -0.39 is 5.97 Å². The predicted octanol–water partition coefficient (Wildman–Crippen LogP) is 6.30. The summed E-state index contributed by atoms with van der Waals surface area (Å²) in [7, 11) is 1.26. The van der Waals surface area contributed by atoms with Crippen molar-refractivity contribution in [2.75, 3.05) is 7.11 Å². The van der Waals surface area contributed by atoms with Gasteiger partial charge in [-0.3, -0.25) is 4.98 Å².